The highest BCUT2D eigenvalue weighted by molar-refractivity contribution is 5.79. The molecule has 3 N–H and O–H groups in total. The van der Waals surface area contributed by atoms with Gasteiger partial charge < -0.3 is 25.2 Å². The number of rotatable bonds is 9. The molecule has 3 unspecified atom stereocenters. The zero-order valence-corrected chi connectivity index (χ0v) is 18.8. The molecule has 1 fully saturated rings. The predicted octanol–water partition coefficient (Wildman–Crippen LogP) is 3.84. The van der Waals surface area contributed by atoms with Crippen molar-refractivity contribution in [3.63, 3.8) is 0 Å². The van der Waals surface area contributed by atoms with Gasteiger partial charge in [-0.1, -0.05) is 42.5 Å². The van der Waals surface area contributed by atoms with Crippen LogP contribution in [0, 0.1) is 5.92 Å². The van der Waals surface area contributed by atoms with Gasteiger partial charge >= 0.3 is 0 Å². The number of hydrogen-bond acceptors (Lipinski definition) is 4. The fourth-order valence-electron chi connectivity index (χ4n) is 3.75. The molecule has 0 saturated carbocycles. The monoisotopic (exact) mass is 425 g/mol. The van der Waals surface area contributed by atoms with Crippen LogP contribution in [-0.4, -0.2) is 43.4 Å². The summed E-state index contributed by atoms with van der Waals surface area (Å²) >= 11 is 0. The molecule has 1 aliphatic heterocycles. The van der Waals surface area contributed by atoms with Gasteiger partial charge in [0.25, 0.3) is 0 Å². The van der Waals surface area contributed by atoms with E-state index in [1.54, 1.807) is 0 Å². The summed E-state index contributed by atoms with van der Waals surface area (Å²) in [4.78, 5) is 4.59. The second kappa shape index (κ2) is 11.7. The third kappa shape index (κ3) is 6.97. The van der Waals surface area contributed by atoms with Crippen LogP contribution in [0.2, 0.25) is 0 Å². The van der Waals surface area contributed by atoms with E-state index in [4.69, 9.17) is 9.47 Å². The molecular formula is C25H35N3O3. The average Bonchev–Trinajstić information content (AvgIpc) is 3.25. The van der Waals surface area contributed by atoms with Crippen molar-refractivity contribution in [2.24, 2.45) is 10.9 Å². The van der Waals surface area contributed by atoms with Crippen LogP contribution < -0.4 is 15.4 Å². The fraction of sp³-hybridized carbons (Fsp3) is 0.480. The second-order valence-electron chi connectivity index (χ2n) is 8.10. The van der Waals surface area contributed by atoms with Crippen molar-refractivity contribution < 1.29 is 14.6 Å². The molecule has 1 heterocycles. The lowest BCUT2D eigenvalue weighted by atomic mass is 9.95. The van der Waals surface area contributed by atoms with Crippen molar-refractivity contribution in [2.75, 3.05) is 26.2 Å². The minimum Gasteiger partial charge on any atom is -0.491 e. The van der Waals surface area contributed by atoms with E-state index in [0.717, 1.165) is 37.4 Å². The van der Waals surface area contributed by atoms with E-state index in [1.165, 1.54) is 5.56 Å². The molecule has 2 aromatic carbocycles. The molecule has 0 aromatic heterocycles. The Morgan fingerprint density at radius 1 is 1.13 bits per heavy atom. The lowest BCUT2D eigenvalue weighted by Gasteiger charge is -2.21. The van der Waals surface area contributed by atoms with Gasteiger partial charge in [0.2, 0.25) is 0 Å². The van der Waals surface area contributed by atoms with Crippen molar-refractivity contribution in [1.82, 2.24) is 10.6 Å². The molecule has 31 heavy (non-hydrogen) atoms. The summed E-state index contributed by atoms with van der Waals surface area (Å²) in [5.74, 6) is 1.89. The van der Waals surface area contributed by atoms with Crippen molar-refractivity contribution in [2.45, 2.75) is 45.5 Å². The summed E-state index contributed by atoms with van der Waals surface area (Å²) in [5, 5.41) is 17.3. The largest absolute Gasteiger partial charge is 0.491 e. The summed E-state index contributed by atoms with van der Waals surface area (Å²) < 4.78 is 11.6. The number of guanidine groups is 1. The van der Waals surface area contributed by atoms with Gasteiger partial charge in [0.05, 0.1) is 24.9 Å². The van der Waals surface area contributed by atoms with E-state index < -0.39 is 6.10 Å². The normalized spacial score (nSPS) is 20.0. The van der Waals surface area contributed by atoms with Crippen molar-refractivity contribution in [3.8, 4) is 5.75 Å². The van der Waals surface area contributed by atoms with Crippen molar-refractivity contribution >= 4 is 5.96 Å². The minimum atomic E-state index is -0.671. The van der Waals surface area contributed by atoms with Gasteiger partial charge in [0, 0.05) is 25.6 Å². The Kier molecular flexibility index (Phi) is 8.74. The maximum atomic E-state index is 10.6. The Balaban J connectivity index is 1.56. The molecular weight excluding hydrogens is 390 g/mol. The van der Waals surface area contributed by atoms with E-state index in [2.05, 4.69) is 39.9 Å². The smallest absolute Gasteiger partial charge is 0.191 e. The standard InChI is InChI=1S/C25H35N3O3/c1-4-26-25(27-16-21-14-15-30-24(21)20-8-6-5-7-9-20)28-17-23(29)19-10-12-22(13-11-19)31-18(2)3/h5-13,18,21,23-24,29H,4,14-17H2,1-3H3,(H2,26,27,28). The van der Waals surface area contributed by atoms with Gasteiger partial charge in [0.15, 0.2) is 5.96 Å². The number of benzene rings is 2. The predicted molar refractivity (Wildman–Crippen MR) is 124 cm³/mol. The van der Waals surface area contributed by atoms with E-state index in [-0.39, 0.29) is 18.8 Å². The Morgan fingerprint density at radius 2 is 1.87 bits per heavy atom. The Labute approximate surface area is 185 Å². The van der Waals surface area contributed by atoms with Gasteiger partial charge in [-0.15, -0.1) is 0 Å². The first kappa shape index (κ1) is 23.1. The Bertz CT molecular complexity index is 809. The van der Waals surface area contributed by atoms with Crippen molar-refractivity contribution in [3.05, 3.63) is 65.7 Å². The van der Waals surface area contributed by atoms with Gasteiger partial charge in [0.1, 0.15) is 5.75 Å². The fourth-order valence-corrected chi connectivity index (χ4v) is 3.75. The minimum absolute atomic E-state index is 0.105. The molecule has 6 heteroatoms. The van der Waals surface area contributed by atoms with Crippen LogP contribution in [0.25, 0.3) is 0 Å². The Hall–Kier alpha value is -2.57. The molecule has 0 aliphatic carbocycles. The van der Waals surface area contributed by atoms with E-state index in [1.807, 2.05) is 51.1 Å². The molecule has 0 bridgehead atoms. The van der Waals surface area contributed by atoms with Crippen LogP contribution in [0.15, 0.2) is 59.6 Å². The quantitative estimate of drug-likeness (QED) is 0.420. The zero-order valence-electron chi connectivity index (χ0n) is 18.8. The molecule has 168 valence electrons. The number of aliphatic hydroxyl groups is 1. The molecule has 0 amide bonds. The van der Waals surface area contributed by atoms with E-state index in [9.17, 15) is 5.11 Å². The maximum absolute atomic E-state index is 10.6. The molecule has 1 saturated heterocycles. The van der Waals surface area contributed by atoms with Crippen LogP contribution in [0.5, 0.6) is 5.75 Å². The van der Waals surface area contributed by atoms with Crippen LogP contribution >= 0.6 is 0 Å². The van der Waals surface area contributed by atoms with Gasteiger partial charge in [-0.25, -0.2) is 0 Å². The number of nitrogens with one attached hydrogen (secondary N) is 2. The number of hydrogen-bond donors (Lipinski definition) is 3. The lowest BCUT2D eigenvalue weighted by molar-refractivity contribution is 0.0915. The highest BCUT2D eigenvalue weighted by Crippen LogP contribution is 2.33. The number of aliphatic imine (C=N–C) groups is 1. The number of ether oxygens (including phenoxy) is 2. The topological polar surface area (TPSA) is 75.1 Å². The first-order chi connectivity index (χ1) is 15.1. The van der Waals surface area contributed by atoms with E-state index in [0.29, 0.717) is 11.9 Å². The van der Waals surface area contributed by atoms with Crippen LogP contribution in [0.4, 0.5) is 0 Å². The molecule has 3 rings (SSSR count). The molecule has 1 aliphatic rings. The second-order valence-corrected chi connectivity index (χ2v) is 8.10. The molecule has 0 radical (unpaired) electrons. The van der Waals surface area contributed by atoms with Crippen LogP contribution in [-0.2, 0) is 4.74 Å². The van der Waals surface area contributed by atoms with Gasteiger partial charge in [-0.2, -0.15) is 0 Å². The van der Waals surface area contributed by atoms with Crippen LogP contribution in [0.1, 0.15) is 50.5 Å². The van der Waals surface area contributed by atoms with Crippen molar-refractivity contribution in [1.29, 1.82) is 0 Å². The summed E-state index contributed by atoms with van der Waals surface area (Å²) in [6.45, 7) is 8.60. The summed E-state index contributed by atoms with van der Waals surface area (Å²) in [5.41, 5.74) is 2.04. The number of aliphatic hydroxyl groups excluding tert-OH is 1. The SMILES string of the molecule is CCNC(=NCC(O)c1ccc(OC(C)C)cc1)NCC1CCOC1c1ccccc1. The molecule has 2 aromatic rings. The zero-order chi connectivity index (χ0) is 22.1. The highest BCUT2D eigenvalue weighted by atomic mass is 16.5. The molecule has 0 spiro atoms. The maximum Gasteiger partial charge on any atom is 0.191 e. The summed E-state index contributed by atoms with van der Waals surface area (Å²) in [6.07, 6.45) is 0.574. The highest BCUT2D eigenvalue weighted by Gasteiger charge is 2.29. The summed E-state index contributed by atoms with van der Waals surface area (Å²) in [7, 11) is 0. The first-order valence-corrected chi connectivity index (χ1v) is 11.2. The first-order valence-electron chi connectivity index (χ1n) is 11.2. The van der Waals surface area contributed by atoms with E-state index >= 15 is 0 Å². The molecule has 3 atom stereocenters. The van der Waals surface area contributed by atoms with Gasteiger partial charge in [-0.3, -0.25) is 4.99 Å². The number of nitrogens with zero attached hydrogens (tertiary/aromatic N) is 1. The third-order valence-corrected chi connectivity index (χ3v) is 5.28. The molecule has 6 nitrogen and oxygen atoms in total. The third-order valence-electron chi connectivity index (χ3n) is 5.28. The summed E-state index contributed by atoms with van der Waals surface area (Å²) in [6, 6.07) is 17.9. The Morgan fingerprint density at radius 3 is 2.55 bits per heavy atom. The van der Waals surface area contributed by atoms with Gasteiger partial charge in [-0.05, 0) is 50.5 Å². The lowest BCUT2D eigenvalue weighted by Crippen LogP contribution is -2.40. The van der Waals surface area contributed by atoms with Crippen LogP contribution in [0.3, 0.4) is 0 Å². The average molecular weight is 426 g/mol.